The highest BCUT2D eigenvalue weighted by Gasteiger charge is 2.42. The van der Waals surface area contributed by atoms with Gasteiger partial charge >= 0.3 is 0 Å². The molecule has 5 heteroatoms. The average molecular weight is 374 g/mol. The van der Waals surface area contributed by atoms with Gasteiger partial charge in [-0.05, 0) is 37.5 Å². The number of hydrogen-bond acceptors (Lipinski definition) is 3. The van der Waals surface area contributed by atoms with Crippen LogP contribution >= 0.6 is 0 Å². The van der Waals surface area contributed by atoms with Crippen LogP contribution in [0.5, 0.6) is 0 Å². The predicted molar refractivity (Wildman–Crippen MR) is 110 cm³/mol. The molecule has 1 aromatic carbocycles. The lowest BCUT2D eigenvalue weighted by molar-refractivity contribution is -0.126. The third kappa shape index (κ3) is 3.44. The molecule has 144 valence electrons. The highest BCUT2D eigenvalue weighted by molar-refractivity contribution is 5.88. The van der Waals surface area contributed by atoms with E-state index >= 15 is 0 Å². The summed E-state index contributed by atoms with van der Waals surface area (Å²) in [5, 5.41) is 3.20. The van der Waals surface area contributed by atoms with Gasteiger partial charge in [-0.15, -0.1) is 0 Å². The number of carbonyl (C=O) groups is 1. The van der Waals surface area contributed by atoms with E-state index in [0.29, 0.717) is 13.1 Å². The fourth-order valence-electron chi connectivity index (χ4n) is 4.30. The smallest absolute Gasteiger partial charge is 0.230 e. The Morgan fingerprint density at radius 3 is 2.61 bits per heavy atom. The maximum absolute atomic E-state index is 13.2. The summed E-state index contributed by atoms with van der Waals surface area (Å²) in [6.07, 6.45) is 9.50. The van der Waals surface area contributed by atoms with Gasteiger partial charge in [0, 0.05) is 42.9 Å². The van der Waals surface area contributed by atoms with Crippen molar-refractivity contribution in [2.75, 3.05) is 6.54 Å². The molecule has 2 aromatic heterocycles. The van der Waals surface area contributed by atoms with E-state index in [4.69, 9.17) is 0 Å². The van der Waals surface area contributed by atoms with Crippen LogP contribution < -0.4 is 5.32 Å². The number of rotatable bonds is 6. The van der Waals surface area contributed by atoms with Gasteiger partial charge in [0.15, 0.2) is 0 Å². The summed E-state index contributed by atoms with van der Waals surface area (Å²) < 4.78 is 2.14. The van der Waals surface area contributed by atoms with E-state index in [1.54, 1.807) is 6.20 Å². The molecule has 0 radical (unpaired) electrons. The zero-order chi connectivity index (χ0) is 19.4. The van der Waals surface area contributed by atoms with Gasteiger partial charge in [0.25, 0.3) is 0 Å². The quantitative estimate of drug-likeness (QED) is 0.712. The number of amides is 1. The first-order valence-corrected chi connectivity index (χ1v) is 9.97. The standard InChI is InChI=1S/C23H26N4O/c1-18-16-26-21(19-8-7-13-24-17-19)27(18)15-14-25-22(28)23(11-5-6-12-23)20-9-3-2-4-10-20/h2-4,7-10,13,16-17H,5-6,11-12,14-15H2,1H3,(H,25,28). The van der Waals surface area contributed by atoms with Crippen molar-refractivity contribution in [3.63, 3.8) is 0 Å². The summed E-state index contributed by atoms with van der Waals surface area (Å²) in [6.45, 7) is 3.31. The van der Waals surface area contributed by atoms with Crippen molar-refractivity contribution in [2.24, 2.45) is 0 Å². The van der Waals surface area contributed by atoms with E-state index in [1.807, 2.05) is 49.6 Å². The highest BCUT2D eigenvalue weighted by atomic mass is 16.2. The second-order valence-corrected chi connectivity index (χ2v) is 7.53. The maximum atomic E-state index is 13.2. The third-order valence-electron chi connectivity index (χ3n) is 5.81. The Morgan fingerprint density at radius 1 is 1.11 bits per heavy atom. The second kappa shape index (κ2) is 7.97. The molecule has 1 N–H and O–H groups in total. The van der Waals surface area contributed by atoms with Crippen molar-refractivity contribution < 1.29 is 4.79 Å². The molecule has 0 unspecified atom stereocenters. The molecule has 1 aliphatic rings. The molecule has 3 aromatic rings. The molecule has 0 spiro atoms. The van der Waals surface area contributed by atoms with Gasteiger partial charge in [-0.2, -0.15) is 0 Å². The summed E-state index contributed by atoms with van der Waals surface area (Å²) in [5.41, 5.74) is 2.82. The number of nitrogens with one attached hydrogen (secondary N) is 1. The molecular weight excluding hydrogens is 348 g/mol. The molecule has 0 saturated heterocycles. The molecule has 1 aliphatic carbocycles. The predicted octanol–water partition coefficient (Wildman–Crippen LogP) is 3.88. The lowest BCUT2D eigenvalue weighted by Gasteiger charge is -2.28. The Hall–Kier alpha value is -2.95. The van der Waals surface area contributed by atoms with E-state index in [1.165, 1.54) is 0 Å². The van der Waals surface area contributed by atoms with Gasteiger partial charge in [0.1, 0.15) is 5.82 Å². The molecule has 1 amide bonds. The average Bonchev–Trinajstić information content (AvgIpc) is 3.38. The van der Waals surface area contributed by atoms with E-state index in [0.717, 1.165) is 48.3 Å². The maximum Gasteiger partial charge on any atom is 0.230 e. The first-order chi connectivity index (χ1) is 13.7. The fourth-order valence-corrected chi connectivity index (χ4v) is 4.30. The zero-order valence-corrected chi connectivity index (χ0v) is 16.3. The topological polar surface area (TPSA) is 59.8 Å². The van der Waals surface area contributed by atoms with Gasteiger partial charge in [0.2, 0.25) is 5.91 Å². The first kappa shape index (κ1) is 18.4. The molecule has 5 nitrogen and oxygen atoms in total. The Morgan fingerprint density at radius 2 is 1.89 bits per heavy atom. The third-order valence-corrected chi connectivity index (χ3v) is 5.81. The number of carbonyl (C=O) groups excluding carboxylic acids is 1. The van der Waals surface area contributed by atoms with Crippen molar-refractivity contribution in [1.29, 1.82) is 0 Å². The van der Waals surface area contributed by atoms with Crippen LogP contribution in [0.4, 0.5) is 0 Å². The van der Waals surface area contributed by atoms with E-state index in [2.05, 4.69) is 32.0 Å². The van der Waals surface area contributed by atoms with Gasteiger partial charge in [0.05, 0.1) is 5.41 Å². The number of aromatic nitrogens is 3. The van der Waals surface area contributed by atoms with Crippen molar-refractivity contribution in [3.8, 4) is 11.4 Å². The van der Waals surface area contributed by atoms with Crippen molar-refractivity contribution >= 4 is 5.91 Å². The molecule has 28 heavy (non-hydrogen) atoms. The first-order valence-electron chi connectivity index (χ1n) is 9.97. The summed E-state index contributed by atoms with van der Waals surface area (Å²) in [4.78, 5) is 21.9. The Bertz CT molecular complexity index is 928. The Balaban J connectivity index is 1.47. The monoisotopic (exact) mass is 374 g/mol. The zero-order valence-electron chi connectivity index (χ0n) is 16.3. The van der Waals surface area contributed by atoms with E-state index < -0.39 is 0 Å². The molecule has 0 aliphatic heterocycles. The van der Waals surface area contributed by atoms with Crippen LogP contribution in [0.25, 0.3) is 11.4 Å². The van der Waals surface area contributed by atoms with Gasteiger partial charge < -0.3 is 9.88 Å². The van der Waals surface area contributed by atoms with Gasteiger partial charge in [-0.3, -0.25) is 9.78 Å². The summed E-state index contributed by atoms with van der Waals surface area (Å²) in [5.74, 6) is 1.04. The summed E-state index contributed by atoms with van der Waals surface area (Å²) in [7, 11) is 0. The van der Waals surface area contributed by atoms with E-state index in [9.17, 15) is 4.79 Å². The SMILES string of the molecule is Cc1cnc(-c2cccnc2)n1CCNC(=O)C1(c2ccccc2)CCCC1. The van der Waals surface area contributed by atoms with Gasteiger partial charge in [-0.25, -0.2) is 4.98 Å². The highest BCUT2D eigenvalue weighted by Crippen LogP contribution is 2.41. The van der Waals surface area contributed by atoms with E-state index in [-0.39, 0.29) is 11.3 Å². The normalized spacial score (nSPS) is 15.5. The second-order valence-electron chi connectivity index (χ2n) is 7.53. The largest absolute Gasteiger partial charge is 0.354 e. The van der Waals surface area contributed by atoms with Crippen LogP contribution in [-0.2, 0) is 16.8 Å². The number of imidazole rings is 1. The van der Waals surface area contributed by atoms with Crippen LogP contribution in [0.1, 0.15) is 36.9 Å². The lowest BCUT2D eigenvalue weighted by Crippen LogP contribution is -2.43. The minimum atomic E-state index is -0.378. The van der Waals surface area contributed by atoms with Gasteiger partial charge in [-0.1, -0.05) is 43.2 Å². The van der Waals surface area contributed by atoms with Crippen molar-refractivity contribution in [2.45, 2.75) is 44.6 Å². The Kier molecular flexibility index (Phi) is 5.24. The molecule has 2 heterocycles. The molecule has 0 bridgehead atoms. The number of benzene rings is 1. The van der Waals surface area contributed by atoms with Crippen LogP contribution in [0.3, 0.4) is 0 Å². The molecule has 0 atom stereocenters. The Labute approximate surface area is 165 Å². The summed E-state index contributed by atoms with van der Waals surface area (Å²) >= 11 is 0. The molecule has 4 rings (SSSR count). The number of hydrogen-bond donors (Lipinski definition) is 1. The number of pyridine rings is 1. The minimum Gasteiger partial charge on any atom is -0.354 e. The van der Waals surface area contributed by atoms with Crippen LogP contribution in [0.15, 0.2) is 61.1 Å². The van der Waals surface area contributed by atoms with Crippen LogP contribution in [0, 0.1) is 6.92 Å². The summed E-state index contributed by atoms with van der Waals surface area (Å²) in [6, 6.07) is 14.2. The number of nitrogens with zero attached hydrogens (tertiary/aromatic N) is 3. The lowest BCUT2D eigenvalue weighted by atomic mass is 9.78. The van der Waals surface area contributed by atoms with Crippen molar-refractivity contribution in [1.82, 2.24) is 19.9 Å². The van der Waals surface area contributed by atoms with Crippen molar-refractivity contribution in [3.05, 3.63) is 72.3 Å². The fraction of sp³-hybridized carbons (Fsp3) is 0.348. The molecule has 1 fully saturated rings. The minimum absolute atomic E-state index is 0.150. The molecule has 1 saturated carbocycles. The van der Waals surface area contributed by atoms with Crippen LogP contribution in [-0.4, -0.2) is 27.0 Å². The van der Waals surface area contributed by atoms with Crippen LogP contribution in [0.2, 0.25) is 0 Å². The molecular formula is C23H26N4O. The number of aryl methyl sites for hydroxylation is 1.